The zero-order valence-corrected chi connectivity index (χ0v) is 12.0. The number of rotatable bonds is 6. The maximum Gasteiger partial charge on any atom is 0.272 e. The number of hydrogen-bond donors (Lipinski definition) is 0. The van der Waals surface area contributed by atoms with E-state index in [1.54, 1.807) is 6.92 Å². The minimum absolute atomic E-state index is 0.137. The van der Waals surface area contributed by atoms with Gasteiger partial charge in [-0.25, -0.2) is 4.39 Å². The van der Waals surface area contributed by atoms with E-state index in [4.69, 9.17) is 0 Å². The normalized spacial score (nSPS) is 10.3. The van der Waals surface area contributed by atoms with Crippen LogP contribution in [0.15, 0.2) is 18.2 Å². The van der Waals surface area contributed by atoms with Gasteiger partial charge < -0.3 is 4.90 Å². The summed E-state index contributed by atoms with van der Waals surface area (Å²) < 4.78 is 13.7. The van der Waals surface area contributed by atoms with E-state index < -0.39 is 16.6 Å². The van der Waals surface area contributed by atoms with Gasteiger partial charge in [-0.1, -0.05) is 15.9 Å². The SMILES string of the molecule is CCN(CCCBr)C(=O)c1ccc([N+](=O)[O-])cc1F. The zero-order chi connectivity index (χ0) is 14.4. The molecule has 5 nitrogen and oxygen atoms in total. The molecule has 0 saturated heterocycles. The Bertz CT molecular complexity index is 482. The number of hydrogen-bond acceptors (Lipinski definition) is 3. The van der Waals surface area contributed by atoms with Crippen LogP contribution >= 0.6 is 15.9 Å². The maximum atomic E-state index is 13.7. The fourth-order valence-corrected chi connectivity index (χ4v) is 1.87. The second kappa shape index (κ2) is 7.18. The van der Waals surface area contributed by atoms with Crippen molar-refractivity contribution < 1.29 is 14.1 Å². The molecule has 0 heterocycles. The molecule has 0 atom stereocenters. The molecule has 19 heavy (non-hydrogen) atoms. The van der Waals surface area contributed by atoms with Crippen molar-refractivity contribution in [3.05, 3.63) is 39.7 Å². The third-order valence-corrected chi connectivity index (χ3v) is 3.19. The smallest absolute Gasteiger partial charge is 0.272 e. The average molecular weight is 333 g/mol. The summed E-state index contributed by atoms with van der Waals surface area (Å²) >= 11 is 3.27. The third-order valence-electron chi connectivity index (χ3n) is 2.62. The Morgan fingerprint density at radius 1 is 1.53 bits per heavy atom. The van der Waals surface area contributed by atoms with Gasteiger partial charge in [0.05, 0.1) is 16.6 Å². The Morgan fingerprint density at radius 3 is 2.68 bits per heavy atom. The molecule has 0 unspecified atom stereocenters. The molecule has 7 heteroatoms. The zero-order valence-electron chi connectivity index (χ0n) is 10.4. The lowest BCUT2D eigenvalue weighted by Gasteiger charge is -2.20. The number of carbonyl (C=O) groups is 1. The average Bonchev–Trinajstić information content (AvgIpc) is 2.39. The van der Waals surface area contributed by atoms with E-state index in [1.807, 2.05) is 0 Å². The molecule has 0 fully saturated rings. The van der Waals surface area contributed by atoms with Crippen LogP contribution in [0.4, 0.5) is 10.1 Å². The number of alkyl halides is 1. The first kappa shape index (κ1) is 15.6. The molecule has 1 rings (SSSR count). The summed E-state index contributed by atoms with van der Waals surface area (Å²) in [4.78, 5) is 23.4. The lowest BCUT2D eigenvalue weighted by atomic mass is 10.1. The summed E-state index contributed by atoms with van der Waals surface area (Å²) in [6.07, 6.45) is 0.758. The number of benzene rings is 1. The highest BCUT2D eigenvalue weighted by Crippen LogP contribution is 2.18. The molecule has 0 N–H and O–H groups in total. The van der Waals surface area contributed by atoms with E-state index in [9.17, 15) is 19.3 Å². The Hall–Kier alpha value is -1.50. The highest BCUT2D eigenvalue weighted by molar-refractivity contribution is 9.09. The molecule has 0 aliphatic rings. The van der Waals surface area contributed by atoms with Gasteiger partial charge in [-0.05, 0) is 19.4 Å². The predicted octanol–water partition coefficient (Wildman–Crippen LogP) is 2.98. The Balaban J connectivity index is 2.95. The molecule has 0 aromatic heterocycles. The lowest BCUT2D eigenvalue weighted by Crippen LogP contribution is -2.32. The fraction of sp³-hybridized carbons (Fsp3) is 0.417. The molecule has 104 valence electrons. The van der Waals surface area contributed by atoms with Crippen LogP contribution < -0.4 is 0 Å². The van der Waals surface area contributed by atoms with Crippen molar-refractivity contribution in [1.29, 1.82) is 0 Å². The minimum Gasteiger partial charge on any atom is -0.339 e. The molecule has 0 radical (unpaired) electrons. The highest BCUT2D eigenvalue weighted by atomic mass is 79.9. The molecule has 0 saturated carbocycles. The van der Waals surface area contributed by atoms with E-state index >= 15 is 0 Å². The van der Waals surface area contributed by atoms with Crippen LogP contribution in [0.5, 0.6) is 0 Å². The summed E-state index contributed by atoms with van der Waals surface area (Å²) in [6, 6.07) is 3.06. The molecule has 1 aromatic rings. The number of halogens is 2. The van der Waals surface area contributed by atoms with Crippen LogP contribution in [-0.4, -0.2) is 34.2 Å². The highest BCUT2D eigenvalue weighted by Gasteiger charge is 2.20. The van der Waals surface area contributed by atoms with Crippen molar-refractivity contribution in [2.45, 2.75) is 13.3 Å². The van der Waals surface area contributed by atoms with Crippen LogP contribution in [0, 0.1) is 15.9 Å². The van der Waals surface area contributed by atoms with Gasteiger partial charge in [-0.2, -0.15) is 0 Å². The first-order valence-electron chi connectivity index (χ1n) is 5.80. The van der Waals surface area contributed by atoms with Gasteiger partial charge >= 0.3 is 0 Å². The summed E-state index contributed by atoms with van der Waals surface area (Å²) in [5, 5.41) is 11.3. The Kier molecular flexibility index (Phi) is 5.88. The van der Waals surface area contributed by atoms with Crippen LogP contribution in [-0.2, 0) is 0 Å². The molecule has 0 spiro atoms. The maximum absolute atomic E-state index is 13.7. The summed E-state index contributed by atoms with van der Waals surface area (Å²) in [5.74, 6) is -1.31. The van der Waals surface area contributed by atoms with Crippen LogP contribution in [0.25, 0.3) is 0 Å². The van der Waals surface area contributed by atoms with Gasteiger partial charge in [0.2, 0.25) is 0 Å². The number of nitro benzene ring substituents is 1. The fourth-order valence-electron chi connectivity index (χ4n) is 1.62. The Morgan fingerprint density at radius 2 is 2.21 bits per heavy atom. The third kappa shape index (κ3) is 3.99. The molecule has 0 aliphatic carbocycles. The van der Waals surface area contributed by atoms with Crippen LogP contribution in [0.1, 0.15) is 23.7 Å². The van der Waals surface area contributed by atoms with E-state index in [-0.39, 0.29) is 11.3 Å². The van der Waals surface area contributed by atoms with E-state index in [2.05, 4.69) is 15.9 Å². The number of amides is 1. The molecule has 0 aliphatic heterocycles. The molecule has 0 bridgehead atoms. The van der Waals surface area contributed by atoms with Gasteiger partial charge in [-0.3, -0.25) is 14.9 Å². The number of nitro groups is 1. The first-order chi connectivity index (χ1) is 9.01. The van der Waals surface area contributed by atoms with Crippen molar-refractivity contribution in [3.8, 4) is 0 Å². The predicted molar refractivity (Wildman–Crippen MR) is 73.0 cm³/mol. The van der Waals surface area contributed by atoms with E-state index in [1.165, 1.54) is 4.90 Å². The molecular formula is C12H14BrFN2O3. The Labute approximate surface area is 118 Å². The summed E-state index contributed by atoms with van der Waals surface area (Å²) in [7, 11) is 0. The molecule has 1 amide bonds. The quantitative estimate of drug-likeness (QED) is 0.457. The molecule has 1 aromatic carbocycles. The van der Waals surface area contributed by atoms with Crippen molar-refractivity contribution in [1.82, 2.24) is 4.90 Å². The topological polar surface area (TPSA) is 63.5 Å². The monoisotopic (exact) mass is 332 g/mol. The summed E-state index contributed by atoms with van der Waals surface area (Å²) in [5.41, 5.74) is -0.500. The van der Waals surface area contributed by atoms with Crippen molar-refractivity contribution >= 4 is 27.5 Å². The van der Waals surface area contributed by atoms with Crippen LogP contribution in [0.2, 0.25) is 0 Å². The minimum atomic E-state index is -0.864. The van der Waals surface area contributed by atoms with Gasteiger partial charge in [0.1, 0.15) is 5.82 Å². The van der Waals surface area contributed by atoms with Gasteiger partial charge in [-0.15, -0.1) is 0 Å². The number of carbonyl (C=O) groups excluding carboxylic acids is 1. The first-order valence-corrected chi connectivity index (χ1v) is 6.92. The number of nitrogens with zero attached hydrogens (tertiary/aromatic N) is 2. The summed E-state index contributed by atoms with van der Waals surface area (Å²) in [6.45, 7) is 2.77. The van der Waals surface area contributed by atoms with E-state index in [0.717, 1.165) is 30.0 Å². The van der Waals surface area contributed by atoms with Gasteiger partial charge in [0.15, 0.2) is 0 Å². The van der Waals surface area contributed by atoms with Crippen LogP contribution in [0.3, 0.4) is 0 Å². The van der Waals surface area contributed by atoms with Crippen molar-refractivity contribution in [2.75, 3.05) is 18.4 Å². The van der Waals surface area contributed by atoms with Gasteiger partial charge in [0, 0.05) is 24.5 Å². The standard InChI is InChI=1S/C12H14BrFN2O3/c1-2-15(7-3-6-13)12(17)10-5-4-9(16(18)19)8-11(10)14/h4-5,8H,2-3,6-7H2,1H3. The van der Waals surface area contributed by atoms with Gasteiger partial charge in [0.25, 0.3) is 11.6 Å². The van der Waals surface area contributed by atoms with Crippen molar-refractivity contribution in [3.63, 3.8) is 0 Å². The largest absolute Gasteiger partial charge is 0.339 e. The van der Waals surface area contributed by atoms with Crippen molar-refractivity contribution in [2.24, 2.45) is 0 Å². The second-order valence-electron chi connectivity index (χ2n) is 3.85. The molecular weight excluding hydrogens is 319 g/mol. The second-order valence-corrected chi connectivity index (χ2v) is 4.64. The number of non-ortho nitro benzene ring substituents is 1. The lowest BCUT2D eigenvalue weighted by molar-refractivity contribution is -0.385. The van der Waals surface area contributed by atoms with E-state index in [0.29, 0.717) is 13.1 Å².